The molecule has 20 heavy (non-hydrogen) atoms. The number of aliphatic hydroxyl groups excluding tert-OH is 1. The molecule has 0 bridgehead atoms. The number of hydrogen-bond donors (Lipinski definition) is 2. The van der Waals surface area contributed by atoms with Crippen LogP contribution in [0.15, 0.2) is 23.1 Å². The highest BCUT2D eigenvalue weighted by molar-refractivity contribution is 8.00. The normalized spacial score (nSPS) is 20.0. The third kappa shape index (κ3) is 3.97. The molecule has 0 aromatic heterocycles. The third-order valence-corrected chi connectivity index (χ3v) is 6.40. The molecule has 0 spiro atoms. The lowest BCUT2D eigenvalue weighted by atomic mass is 10.1. The van der Waals surface area contributed by atoms with Gasteiger partial charge in [-0.25, -0.2) is 13.1 Å². The highest BCUT2D eigenvalue weighted by atomic mass is 32.2. The van der Waals surface area contributed by atoms with E-state index in [0.29, 0.717) is 17.4 Å². The quantitative estimate of drug-likeness (QED) is 0.873. The molecule has 1 atom stereocenters. The SMILES string of the molecule is Cc1ccc(S(=O)(=O)NCC2CCCCS2)cc1CO. The molecule has 0 saturated carbocycles. The molecule has 1 saturated heterocycles. The number of rotatable bonds is 5. The van der Waals surface area contributed by atoms with Crippen LogP contribution in [0.1, 0.15) is 30.4 Å². The van der Waals surface area contributed by atoms with Gasteiger partial charge in [0.1, 0.15) is 0 Å². The van der Waals surface area contributed by atoms with Gasteiger partial charge in [-0.15, -0.1) is 0 Å². The summed E-state index contributed by atoms with van der Waals surface area (Å²) in [6.45, 7) is 2.19. The molecular weight excluding hydrogens is 294 g/mol. The van der Waals surface area contributed by atoms with E-state index in [1.165, 1.54) is 12.8 Å². The van der Waals surface area contributed by atoms with E-state index in [1.807, 2.05) is 18.7 Å². The summed E-state index contributed by atoms with van der Waals surface area (Å²) in [6, 6.07) is 4.87. The lowest BCUT2D eigenvalue weighted by molar-refractivity contribution is 0.280. The fourth-order valence-electron chi connectivity index (χ4n) is 2.24. The number of benzene rings is 1. The van der Waals surface area contributed by atoms with Crippen molar-refractivity contribution in [3.63, 3.8) is 0 Å². The lowest BCUT2D eigenvalue weighted by Crippen LogP contribution is -2.32. The second kappa shape index (κ2) is 6.93. The first-order valence-corrected chi connectivity index (χ1v) is 9.38. The van der Waals surface area contributed by atoms with Gasteiger partial charge in [0, 0.05) is 11.8 Å². The Morgan fingerprint density at radius 3 is 2.85 bits per heavy atom. The van der Waals surface area contributed by atoms with Gasteiger partial charge in [-0.2, -0.15) is 11.8 Å². The number of thioether (sulfide) groups is 1. The molecular formula is C14H21NO3S2. The van der Waals surface area contributed by atoms with Crippen molar-refractivity contribution in [2.75, 3.05) is 12.3 Å². The van der Waals surface area contributed by atoms with E-state index in [9.17, 15) is 13.5 Å². The van der Waals surface area contributed by atoms with Crippen LogP contribution in [-0.2, 0) is 16.6 Å². The number of hydrogen-bond acceptors (Lipinski definition) is 4. The zero-order valence-corrected chi connectivity index (χ0v) is 13.3. The molecule has 0 radical (unpaired) electrons. The average molecular weight is 315 g/mol. The van der Waals surface area contributed by atoms with E-state index in [1.54, 1.807) is 18.2 Å². The van der Waals surface area contributed by atoms with Crippen LogP contribution < -0.4 is 4.72 Å². The molecule has 1 aliphatic rings. The summed E-state index contributed by atoms with van der Waals surface area (Å²) in [7, 11) is -3.48. The summed E-state index contributed by atoms with van der Waals surface area (Å²) in [5.74, 6) is 1.12. The van der Waals surface area contributed by atoms with Crippen LogP contribution in [0.25, 0.3) is 0 Å². The lowest BCUT2D eigenvalue weighted by Gasteiger charge is -2.21. The minimum Gasteiger partial charge on any atom is -0.392 e. The molecule has 1 aliphatic heterocycles. The van der Waals surface area contributed by atoms with Gasteiger partial charge >= 0.3 is 0 Å². The van der Waals surface area contributed by atoms with E-state index in [0.717, 1.165) is 17.7 Å². The maximum absolute atomic E-state index is 12.3. The minimum atomic E-state index is -3.48. The first kappa shape index (κ1) is 15.8. The Balaban J connectivity index is 2.05. The molecule has 112 valence electrons. The Morgan fingerprint density at radius 2 is 2.20 bits per heavy atom. The Bertz CT molecular complexity index is 552. The fourth-order valence-corrected chi connectivity index (χ4v) is 4.72. The van der Waals surface area contributed by atoms with Gasteiger partial charge in [-0.1, -0.05) is 12.5 Å². The van der Waals surface area contributed by atoms with Gasteiger partial charge in [0.15, 0.2) is 0 Å². The Labute approximate surface area is 125 Å². The second-order valence-corrected chi connectivity index (χ2v) is 8.26. The standard InChI is InChI=1S/C14H21NO3S2/c1-11-5-6-14(8-12(11)10-16)20(17,18)15-9-13-4-2-3-7-19-13/h5-6,8,13,15-16H,2-4,7,9-10H2,1H3. The molecule has 1 aromatic carbocycles. The molecule has 2 N–H and O–H groups in total. The smallest absolute Gasteiger partial charge is 0.240 e. The van der Waals surface area contributed by atoms with Crippen LogP contribution in [0.5, 0.6) is 0 Å². The number of nitrogens with one attached hydrogen (secondary N) is 1. The predicted octanol–water partition coefficient (Wildman–Crippen LogP) is 2.05. The summed E-state index contributed by atoms with van der Waals surface area (Å²) in [4.78, 5) is 0.230. The summed E-state index contributed by atoms with van der Waals surface area (Å²) in [6.07, 6.45) is 3.48. The first-order chi connectivity index (χ1) is 9.53. The molecule has 6 heteroatoms. The Morgan fingerprint density at radius 1 is 1.40 bits per heavy atom. The number of sulfonamides is 1. The van der Waals surface area contributed by atoms with Crippen LogP contribution in [0, 0.1) is 6.92 Å². The second-order valence-electron chi connectivity index (χ2n) is 5.09. The summed E-state index contributed by atoms with van der Waals surface area (Å²) >= 11 is 1.84. The molecule has 1 aromatic rings. The van der Waals surface area contributed by atoms with Gasteiger partial charge in [0.05, 0.1) is 11.5 Å². The zero-order chi connectivity index (χ0) is 14.6. The third-order valence-electron chi connectivity index (χ3n) is 3.58. The van der Waals surface area contributed by atoms with Crippen LogP contribution >= 0.6 is 11.8 Å². The molecule has 0 amide bonds. The maximum atomic E-state index is 12.3. The van der Waals surface area contributed by atoms with Crippen molar-refractivity contribution in [3.8, 4) is 0 Å². The van der Waals surface area contributed by atoms with Crippen molar-refractivity contribution in [1.29, 1.82) is 0 Å². The van der Waals surface area contributed by atoms with Gasteiger partial charge in [-0.3, -0.25) is 0 Å². The van der Waals surface area contributed by atoms with E-state index in [2.05, 4.69) is 4.72 Å². The minimum absolute atomic E-state index is 0.145. The molecule has 0 aliphatic carbocycles. The van der Waals surface area contributed by atoms with Crippen LogP contribution in [0.4, 0.5) is 0 Å². The zero-order valence-electron chi connectivity index (χ0n) is 11.6. The predicted molar refractivity (Wildman–Crippen MR) is 82.4 cm³/mol. The van der Waals surface area contributed by atoms with Crippen molar-refractivity contribution in [1.82, 2.24) is 4.72 Å². The highest BCUT2D eigenvalue weighted by Crippen LogP contribution is 2.25. The summed E-state index contributed by atoms with van der Waals surface area (Å²) < 4.78 is 27.2. The topological polar surface area (TPSA) is 66.4 Å². The number of aliphatic hydroxyl groups is 1. The molecule has 2 rings (SSSR count). The van der Waals surface area contributed by atoms with Crippen LogP contribution in [-0.4, -0.2) is 31.1 Å². The summed E-state index contributed by atoms with van der Waals surface area (Å²) in [5, 5.41) is 9.60. The van der Waals surface area contributed by atoms with Crippen molar-refractivity contribution in [2.45, 2.75) is 42.9 Å². The van der Waals surface area contributed by atoms with Gasteiger partial charge in [-0.05, 0) is 48.8 Å². The van der Waals surface area contributed by atoms with Crippen molar-refractivity contribution in [2.24, 2.45) is 0 Å². The van der Waals surface area contributed by atoms with Crippen LogP contribution in [0.2, 0.25) is 0 Å². The van der Waals surface area contributed by atoms with E-state index in [4.69, 9.17) is 0 Å². The highest BCUT2D eigenvalue weighted by Gasteiger charge is 2.19. The molecule has 1 unspecified atom stereocenters. The van der Waals surface area contributed by atoms with Crippen molar-refractivity contribution < 1.29 is 13.5 Å². The molecule has 1 heterocycles. The Kier molecular flexibility index (Phi) is 5.49. The van der Waals surface area contributed by atoms with Crippen molar-refractivity contribution in [3.05, 3.63) is 29.3 Å². The van der Waals surface area contributed by atoms with Gasteiger partial charge in [0.25, 0.3) is 0 Å². The first-order valence-electron chi connectivity index (χ1n) is 6.84. The van der Waals surface area contributed by atoms with E-state index in [-0.39, 0.29) is 11.5 Å². The maximum Gasteiger partial charge on any atom is 0.240 e. The summed E-state index contributed by atoms with van der Waals surface area (Å²) in [5.41, 5.74) is 1.55. The van der Waals surface area contributed by atoms with Crippen LogP contribution in [0.3, 0.4) is 0 Å². The van der Waals surface area contributed by atoms with E-state index >= 15 is 0 Å². The fraction of sp³-hybridized carbons (Fsp3) is 0.571. The molecule has 4 nitrogen and oxygen atoms in total. The van der Waals surface area contributed by atoms with Gasteiger partial charge < -0.3 is 5.11 Å². The monoisotopic (exact) mass is 315 g/mol. The molecule has 1 fully saturated rings. The van der Waals surface area contributed by atoms with E-state index < -0.39 is 10.0 Å². The average Bonchev–Trinajstić information content (AvgIpc) is 2.46. The van der Waals surface area contributed by atoms with Gasteiger partial charge in [0.2, 0.25) is 10.0 Å². The largest absolute Gasteiger partial charge is 0.392 e. The Hall–Kier alpha value is -0.560. The number of aryl methyl sites for hydroxylation is 1. The van der Waals surface area contributed by atoms with Crippen molar-refractivity contribution >= 4 is 21.8 Å².